The van der Waals surface area contributed by atoms with E-state index in [1.54, 1.807) is 38.3 Å². The molecule has 0 fully saturated rings. The van der Waals surface area contributed by atoms with Crippen LogP contribution in [0, 0.1) is 0 Å². The highest BCUT2D eigenvalue weighted by Crippen LogP contribution is 2.44. The molecule has 3 aromatic carbocycles. The molecule has 4 aromatic rings. The number of amides is 2. The summed E-state index contributed by atoms with van der Waals surface area (Å²) in [5, 5.41) is 3.53. The third kappa shape index (κ3) is 3.66. The maximum atomic E-state index is 13.8. The Labute approximate surface area is 200 Å². The van der Waals surface area contributed by atoms with Crippen LogP contribution in [0.15, 0.2) is 66.7 Å². The Morgan fingerprint density at radius 2 is 1.74 bits per heavy atom. The Bertz CT molecular complexity index is 1370. The third-order valence-corrected chi connectivity index (χ3v) is 7.09. The van der Waals surface area contributed by atoms with E-state index in [1.165, 1.54) is 11.3 Å². The Morgan fingerprint density at radius 3 is 2.50 bits per heavy atom. The number of carbonyl (C=O) groups excluding carboxylic acids is 2. The molecule has 172 valence electrons. The van der Waals surface area contributed by atoms with E-state index in [2.05, 4.69) is 10.3 Å². The van der Waals surface area contributed by atoms with Gasteiger partial charge in [-0.2, -0.15) is 0 Å². The van der Waals surface area contributed by atoms with Crippen LogP contribution in [0.5, 0.6) is 11.5 Å². The molecular formula is C26H23N3O4S. The van der Waals surface area contributed by atoms with E-state index in [9.17, 15) is 9.59 Å². The van der Waals surface area contributed by atoms with Crippen molar-refractivity contribution in [1.82, 2.24) is 9.88 Å². The van der Waals surface area contributed by atoms with Crippen molar-refractivity contribution in [3.63, 3.8) is 0 Å². The van der Waals surface area contributed by atoms with Gasteiger partial charge in [-0.15, -0.1) is 0 Å². The average Bonchev–Trinajstić information content (AvgIpc) is 3.27. The summed E-state index contributed by atoms with van der Waals surface area (Å²) in [6.07, 6.45) is 0. The van der Waals surface area contributed by atoms with Crippen molar-refractivity contribution in [2.24, 2.45) is 0 Å². The highest BCUT2D eigenvalue weighted by atomic mass is 32.1. The summed E-state index contributed by atoms with van der Waals surface area (Å²) in [6, 6.07) is 19.9. The van der Waals surface area contributed by atoms with Crippen LogP contribution in [0.2, 0.25) is 0 Å². The van der Waals surface area contributed by atoms with Gasteiger partial charge >= 0.3 is 0 Å². The number of hydrogen-bond donors (Lipinski definition) is 1. The lowest BCUT2D eigenvalue weighted by Gasteiger charge is -2.39. The lowest BCUT2D eigenvalue weighted by atomic mass is 9.79. The molecular weight excluding hydrogens is 450 g/mol. The SMILES string of the molecule is COc1ccc([C@@H]2[C@@H](C(=O)Nc3nc4ccccc4s3)c3ccccc3C(=O)N2C)cc1OC. The van der Waals surface area contributed by atoms with Crippen LogP contribution < -0.4 is 14.8 Å². The van der Waals surface area contributed by atoms with Crippen LogP contribution in [0.25, 0.3) is 10.2 Å². The number of nitrogens with zero attached hydrogens (tertiary/aromatic N) is 2. The van der Waals surface area contributed by atoms with Crippen molar-refractivity contribution in [2.45, 2.75) is 12.0 Å². The highest BCUT2D eigenvalue weighted by molar-refractivity contribution is 7.22. The molecule has 5 rings (SSSR count). The first-order valence-electron chi connectivity index (χ1n) is 10.8. The van der Waals surface area contributed by atoms with Crippen LogP contribution in [0.3, 0.4) is 0 Å². The Hall–Kier alpha value is -3.91. The summed E-state index contributed by atoms with van der Waals surface area (Å²) in [7, 11) is 4.85. The number of fused-ring (bicyclic) bond motifs is 2. The highest BCUT2D eigenvalue weighted by Gasteiger charge is 2.43. The van der Waals surface area contributed by atoms with Crippen LogP contribution >= 0.6 is 11.3 Å². The van der Waals surface area contributed by atoms with E-state index < -0.39 is 12.0 Å². The first-order chi connectivity index (χ1) is 16.5. The molecule has 1 aliphatic heterocycles. The molecule has 0 saturated heterocycles. The first-order valence-corrected chi connectivity index (χ1v) is 11.6. The van der Waals surface area contributed by atoms with Crippen molar-refractivity contribution in [2.75, 3.05) is 26.6 Å². The maximum absolute atomic E-state index is 13.8. The molecule has 0 bridgehead atoms. The van der Waals surface area contributed by atoms with Crippen LogP contribution in [-0.2, 0) is 4.79 Å². The summed E-state index contributed by atoms with van der Waals surface area (Å²) in [6.45, 7) is 0. The average molecular weight is 474 g/mol. The summed E-state index contributed by atoms with van der Waals surface area (Å²) in [5.41, 5.74) is 2.80. The van der Waals surface area contributed by atoms with Gasteiger partial charge in [-0.3, -0.25) is 9.59 Å². The molecule has 8 heteroatoms. The normalized spacial score (nSPS) is 17.4. The fourth-order valence-corrected chi connectivity index (χ4v) is 5.39. The molecule has 2 heterocycles. The van der Waals surface area contributed by atoms with Gasteiger partial charge in [0.15, 0.2) is 16.6 Å². The van der Waals surface area contributed by atoms with E-state index in [1.807, 2.05) is 54.6 Å². The molecule has 0 unspecified atom stereocenters. The number of anilines is 1. The minimum atomic E-state index is -0.649. The number of methoxy groups -OCH3 is 2. The van der Waals surface area contributed by atoms with Gasteiger partial charge in [-0.05, 0) is 41.5 Å². The summed E-state index contributed by atoms with van der Waals surface area (Å²) in [5.74, 6) is 0.0889. The number of benzene rings is 3. The van der Waals surface area contributed by atoms with Crippen molar-refractivity contribution in [3.8, 4) is 11.5 Å². The maximum Gasteiger partial charge on any atom is 0.254 e. The second-order valence-corrected chi connectivity index (χ2v) is 9.05. The molecule has 2 atom stereocenters. The summed E-state index contributed by atoms with van der Waals surface area (Å²) < 4.78 is 11.9. The number of nitrogens with one attached hydrogen (secondary N) is 1. The summed E-state index contributed by atoms with van der Waals surface area (Å²) in [4.78, 5) is 33.2. The Morgan fingerprint density at radius 1 is 1.00 bits per heavy atom. The Balaban J connectivity index is 1.60. The smallest absolute Gasteiger partial charge is 0.254 e. The quantitative estimate of drug-likeness (QED) is 0.448. The van der Waals surface area contributed by atoms with Gasteiger partial charge < -0.3 is 19.7 Å². The standard InChI is InChI=1S/C26H23N3O4S/c1-29-23(15-12-13-19(32-2)20(14-15)33-3)22(16-8-4-5-9-17(16)25(29)31)24(30)28-26-27-18-10-6-7-11-21(18)34-26/h4-14,22-23H,1-3H3,(H,27,28,30)/t22-,23+/m0/s1. The van der Waals surface area contributed by atoms with E-state index in [-0.39, 0.29) is 11.8 Å². The summed E-state index contributed by atoms with van der Waals surface area (Å²) >= 11 is 1.42. The van der Waals surface area contributed by atoms with Gasteiger partial charge in [-0.1, -0.05) is 47.7 Å². The van der Waals surface area contributed by atoms with Gasteiger partial charge in [-0.25, -0.2) is 4.98 Å². The number of hydrogen-bond acceptors (Lipinski definition) is 6. The van der Waals surface area contributed by atoms with Gasteiger partial charge in [0.25, 0.3) is 5.91 Å². The fourth-order valence-electron chi connectivity index (χ4n) is 4.52. The zero-order valence-electron chi connectivity index (χ0n) is 18.9. The van der Waals surface area contributed by atoms with Gasteiger partial charge in [0.05, 0.1) is 36.4 Å². The predicted molar refractivity (Wildman–Crippen MR) is 132 cm³/mol. The van der Waals surface area contributed by atoms with Crippen molar-refractivity contribution in [1.29, 1.82) is 0 Å². The number of rotatable bonds is 5. The molecule has 34 heavy (non-hydrogen) atoms. The number of aromatic nitrogens is 1. The zero-order valence-corrected chi connectivity index (χ0v) is 19.8. The molecule has 2 amide bonds. The zero-order chi connectivity index (χ0) is 23.8. The van der Waals surface area contributed by atoms with E-state index >= 15 is 0 Å². The second-order valence-electron chi connectivity index (χ2n) is 8.02. The van der Waals surface area contributed by atoms with Crippen LogP contribution in [-0.4, -0.2) is 43.0 Å². The number of para-hydroxylation sites is 1. The van der Waals surface area contributed by atoms with Crippen molar-refractivity contribution in [3.05, 3.63) is 83.4 Å². The molecule has 1 aliphatic rings. The van der Waals surface area contributed by atoms with Crippen molar-refractivity contribution < 1.29 is 19.1 Å². The molecule has 1 aromatic heterocycles. The lowest BCUT2D eigenvalue weighted by Crippen LogP contribution is -2.44. The largest absolute Gasteiger partial charge is 0.493 e. The van der Waals surface area contributed by atoms with Crippen molar-refractivity contribution >= 4 is 38.5 Å². The third-order valence-electron chi connectivity index (χ3n) is 6.14. The van der Waals surface area contributed by atoms with E-state index in [0.29, 0.717) is 27.8 Å². The molecule has 7 nitrogen and oxygen atoms in total. The molecule has 0 saturated carbocycles. The van der Waals surface area contributed by atoms with Crippen LogP contribution in [0.4, 0.5) is 5.13 Å². The number of ether oxygens (including phenoxy) is 2. The fraction of sp³-hybridized carbons (Fsp3) is 0.192. The minimum Gasteiger partial charge on any atom is -0.493 e. The molecule has 0 radical (unpaired) electrons. The lowest BCUT2D eigenvalue weighted by molar-refractivity contribution is -0.119. The van der Waals surface area contributed by atoms with Gasteiger partial charge in [0.2, 0.25) is 5.91 Å². The van der Waals surface area contributed by atoms with Crippen LogP contribution in [0.1, 0.15) is 33.4 Å². The van der Waals surface area contributed by atoms with Gasteiger partial charge in [0.1, 0.15) is 0 Å². The number of thiazole rings is 1. The first kappa shape index (κ1) is 21.9. The number of likely N-dealkylation sites (N-methyl/N-ethyl adjacent to an activating group) is 1. The molecule has 0 spiro atoms. The molecule has 1 N–H and O–H groups in total. The minimum absolute atomic E-state index is 0.139. The van der Waals surface area contributed by atoms with Gasteiger partial charge in [0, 0.05) is 12.6 Å². The Kier molecular flexibility index (Phi) is 5.67. The predicted octanol–water partition coefficient (Wildman–Crippen LogP) is 4.86. The number of carbonyl (C=O) groups is 2. The topological polar surface area (TPSA) is 80.8 Å². The van der Waals surface area contributed by atoms with E-state index in [4.69, 9.17) is 9.47 Å². The molecule has 0 aliphatic carbocycles. The second kappa shape index (κ2) is 8.79. The monoisotopic (exact) mass is 473 g/mol. The van der Waals surface area contributed by atoms with E-state index in [0.717, 1.165) is 15.8 Å².